The molecule has 1 aromatic rings. The lowest BCUT2D eigenvalue weighted by molar-refractivity contribution is 0.0943. The van der Waals surface area contributed by atoms with E-state index in [2.05, 4.69) is 5.32 Å². The zero-order chi connectivity index (χ0) is 13.8. The van der Waals surface area contributed by atoms with Crippen molar-refractivity contribution in [3.05, 3.63) is 34.9 Å². The highest BCUT2D eigenvalue weighted by atomic mass is 35.5. The number of halogens is 1. The maximum absolute atomic E-state index is 12.2. The molecule has 2 rings (SSSR count). The molecule has 1 amide bonds. The standard InChI is InChI=1S/C16H22ClNO/c1-11-6-7-15(12(2)8-11)16(19)18-10-13-4-3-5-14(17)9-13/h6-8,13-14H,3-5,9-10H2,1-2H3,(H,18,19). The number of nitrogens with one attached hydrogen (secondary N) is 1. The largest absolute Gasteiger partial charge is 0.352 e. The van der Waals surface area contributed by atoms with E-state index < -0.39 is 0 Å². The Labute approximate surface area is 120 Å². The van der Waals surface area contributed by atoms with E-state index in [1.165, 1.54) is 18.4 Å². The molecule has 0 aliphatic heterocycles. The first kappa shape index (κ1) is 14.4. The molecule has 1 N–H and O–H groups in total. The van der Waals surface area contributed by atoms with Crippen LogP contribution in [0.15, 0.2) is 18.2 Å². The highest BCUT2D eigenvalue weighted by Gasteiger charge is 2.21. The number of rotatable bonds is 3. The van der Waals surface area contributed by atoms with Gasteiger partial charge in [0.2, 0.25) is 0 Å². The molecule has 0 aromatic heterocycles. The summed E-state index contributed by atoms with van der Waals surface area (Å²) in [4.78, 5) is 12.2. The molecule has 2 atom stereocenters. The summed E-state index contributed by atoms with van der Waals surface area (Å²) in [5.41, 5.74) is 3.01. The van der Waals surface area contributed by atoms with Crippen molar-refractivity contribution in [1.29, 1.82) is 0 Å². The number of amides is 1. The molecule has 0 saturated heterocycles. The monoisotopic (exact) mass is 279 g/mol. The van der Waals surface area contributed by atoms with Crippen LogP contribution in [0.4, 0.5) is 0 Å². The predicted octanol–water partition coefficient (Wildman–Crippen LogP) is 3.83. The lowest BCUT2D eigenvalue weighted by Gasteiger charge is -2.25. The third-order valence-electron chi connectivity index (χ3n) is 3.90. The Morgan fingerprint density at radius 1 is 1.37 bits per heavy atom. The van der Waals surface area contributed by atoms with Gasteiger partial charge in [-0.3, -0.25) is 4.79 Å². The molecule has 1 aliphatic rings. The summed E-state index contributed by atoms with van der Waals surface area (Å²) in [6.07, 6.45) is 4.49. The molecule has 19 heavy (non-hydrogen) atoms. The highest BCUT2D eigenvalue weighted by molar-refractivity contribution is 6.20. The fourth-order valence-corrected chi connectivity index (χ4v) is 3.22. The molecule has 0 spiro atoms. The number of alkyl halides is 1. The van der Waals surface area contributed by atoms with Gasteiger partial charge in [-0.05, 0) is 50.7 Å². The van der Waals surface area contributed by atoms with Crippen LogP contribution in [0.1, 0.15) is 47.2 Å². The second-order valence-electron chi connectivity index (χ2n) is 5.66. The normalized spacial score (nSPS) is 23.1. The second-order valence-corrected chi connectivity index (χ2v) is 6.28. The van der Waals surface area contributed by atoms with Crippen LogP contribution in [0.2, 0.25) is 0 Å². The minimum absolute atomic E-state index is 0.0363. The Morgan fingerprint density at radius 2 is 2.16 bits per heavy atom. The van der Waals surface area contributed by atoms with E-state index in [1.54, 1.807) is 0 Å². The third-order valence-corrected chi connectivity index (χ3v) is 4.29. The van der Waals surface area contributed by atoms with Crippen LogP contribution in [0, 0.1) is 19.8 Å². The van der Waals surface area contributed by atoms with E-state index in [0.717, 1.165) is 30.5 Å². The van der Waals surface area contributed by atoms with Gasteiger partial charge in [0.05, 0.1) is 0 Å². The molecule has 3 heteroatoms. The van der Waals surface area contributed by atoms with Gasteiger partial charge in [0, 0.05) is 17.5 Å². The molecule has 1 fully saturated rings. The van der Waals surface area contributed by atoms with Crippen molar-refractivity contribution >= 4 is 17.5 Å². The van der Waals surface area contributed by atoms with Gasteiger partial charge >= 0.3 is 0 Å². The van der Waals surface area contributed by atoms with E-state index in [9.17, 15) is 4.79 Å². The zero-order valence-corrected chi connectivity index (χ0v) is 12.5. The van der Waals surface area contributed by atoms with Gasteiger partial charge in [0.15, 0.2) is 0 Å². The minimum atomic E-state index is 0.0363. The molecule has 0 bridgehead atoms. The summed E-state index contributed by atoms with van der Waals surface area (Å²) in [6, 6.07) is 5.94. The predicted molar refractivity (Wildman–Crippen MR) is 79.8 cm³/mol. The number of carbonyl (C=O) groups is 1. The molecular weight excluding hydrogens is 258 g/mol. The first-order valence-corrected chi connectivity index (χ1v) is 7.49. The van der Waals surface area contributed by atoms with Gasteiger partial charge in [-0.2, -0.15) is 0 Å². The summed E-state index contributed by atoms with van der Waals surface area (Å²) >= 11 is 6.17. The first-order chi connectivity index (χ1) is 9.06. The molecule has 2 nitrogen and oxygen atoms in total. The van der Waals surface area contributed by atoms with Gasteiger partial charge < -0.3 is 5.32 Å². The molecule has 1 aliphatic carbocycles. The molecule has 0 radical (unpaired) electrons. The number of hydrogen-bond acceptors (Lipinski definition) is 1. The molecule has 0 heterocycles. The molecule has 1 aromatic carbocycles. The Bertz CT molecular complexity index is 458. The Balaban J connectivity index is 1.90. The van der Waals surface area contributed by atoms with Gasteiger partial charge in [-0.15, -0.1) is 11.6 Å². The summed E-state index contributed by atoms with van der Waals surface area (Å²) < 4.78 is 0. The van der Waals surface area contributed by atoms with Crippen LogP contribution in [-0.4, -0.2) is 17.8 Å². The van der Waals surface area contributed by atoms with E-state index >= 15 is 0 Å². The molecular formula is C16H22ClNO. The quantitative estimate of drug-likeness (QED) is 0.837. The lowest BCUT2D eigenvalue weighted by atomic mass is 9.89. The summed E-state index contributed by atoms with van der Waals surface area (Å²) in [5.74, 6) is 0.570. The fourth-order valence-electron chi connectivity index (χ4n) is 2.81. The van der Waals surface area contributed by atoms with E-state index in [4.69, 9.17) is 11.6 Å². The Hall–Kier alpha value is -1.02. The number of hydrogen-bond donors (Lipinski definition) is 1. The van der Waals surface area contributed by atoms with Crippen LogP contribution >= 0.6 is 11.6 Å². The number of benzene rings is 1. The van der Waals surface area contributed by atoms with Crippen molar-refractivity contribution in [1.82, 2.24) is 5.32 Å². The highest BCUT2D eigenvalue weighted by Crippen LogP contribution is 2.27. The topological polar surface area (TPSA) is 29.1 Å². The van der Waals surface area contributed by atoms with Crippen molar-refractivity contribution < 1.29 is 4.79 Å². The Morgan fingerprint density at radius 3 is 2.84 bits per heavy atom. The molecule has 104 valence electrons. The van der Waals surface area contributed by atoms with Crippen molar-refractivity contribution in [2.45, 2.75) is 44.9 Å². The first-order valence-electron chi connectivity index (χ1n) is 7.06. The SMILES string of the molecule is Cc1ccc(C(=O)NCC2CCCC(Cl)C2)c(C)c1. The van der Waals surface area contributed by atoms with E-state index in [-0.39, 0.29) is 11.3 Å². The minimum Gasteiger partial charge on any atom is -0.352 e. The number of carbonyl (C=O) groups excluding carboxylic acids is 1. The van der Waals surface area contributed by atoms with Crippen LogP contribution in [0.3, 0.4) is 0 Å². The smallest absolute Gasteiger partial charge is 0.251 e. The summed E-state index contributed by atoms with van der Waals surface area (Å²) in [5, 5.41) is 3.34. The van der Waals surface area contributed by atoms with Crippen LogP contribution in [0.25, 0.3) is 0 Å². The lowest BCUT2D eigenvalue weighted by Crippen LogP contribution is -2.32. The second kappa shape index (κ2) is 6.42. The summed E-state index contributed by atoms with van der Waals surface area (Å²) in [6.45, 7) is 4.77. The molecule has 2 unspecified atom stereocenters. The third kappa shape index (κ3) is 3.97. The Kier molecular flexibility index (Phi) is 4.87. The average molecular weight is 280 g/mol. The zero-order valence-electron chi connectivity index (χ0n) is 11.7. The van der Waals surface area contributed by atoms with Crippen molar-refractivity contribution in [2.75, 3.05) is 6.54 Å². The maximum Gasteiger partial charge on any atom is 0.251 e. The maximum atomic E-state index is 12.2. The van der Waals surface area contributed by atoms with Crippen LogP contribution in [0.5, 0.6) is 0 Å². The van der Waals surface area contributed by atoms with Crippen LogP contribution < -0.4 is 5.32 Å². The van der Waals surface area contributed by atoms with Gasteiger partial charge in [0.1, 0.15) is 0 Å². The van der Waals surface area contributed by atoms with Crippen molar-refractivity contribution in [3.8, 4) is 0 Å². The van der Waals surface area contributed by atoms with E-state index in [0.29, 0.717) is 5.92 Å². The van der Waals surface area contributed by atoms with Crippen LogP contribution in [-0.2, 0) is 0 Å². The van der Waals surface area contributed by atoms with Gasteiger partial charge in [-0.1, -0.05) is 24.1 Å². The van der Waals surface area contributed by atoms with Gasteiger partial charge in [-0.25, -0.2) is 0 Å². The summed E-state index contributed by atoms with van der Waals surface area (Å²) in [7, 11) is 0. The average Bonchev–Trinajstić information content (AvgIpc) is 2.36. The van der Waals surface area contributed by atoms with Crippen molar-refractivity contribution in [2.24, 2.45) is 5.92 Å². The number of aryl methyl sites for hydroxylation is 2. The van der Waals surface area contributed by atoms with Crippen molar-refractivity contribution in [3.63, 3.8) is 0 Å². The fraction of sp³-hybridized carbons (Fsp3) is 0.562. The van der Waals surface area contributed by atoms with E-state index in [1.807, 2.05) is 32.0 Å². The van der Waals surface area contributed by atoms with Gasteiger partial charge in [0.25, 0.3) is 5.91 Å². The molecule has 1 saturated carbocycles.